The molecule has 3 aromatic rings. The van der Waals surface area contributed by atoms with Gasteiger partial charge in [-0.25, -0.2) is 9.97 Å². The Balaban J connectivity index is 1.65. The van der Waals surface area contributed by atoms with Gasteiger partial charge in [-0.15, -0.1) is 0 Å². The second kappa shape index (κ2) is 8.79. The number of halogens is 1. The van der Waals surface area contributed by atoms with E-state index in [9.17, 15) is 4.79 Å². The molecule has 1 unspecified atom stereocenters. The van der Waals surface area contributed by atoms with E-state index in [-0.39, 0.29) is 28.0 Å². The van der Waals surface area contributed by atoms with Crippen LogP contribution in [-0.2, 0) is 11.8 Å². The minimum absolute atomic E-state index is 0.0492. The molecule has 30 heavy (non-hydrogen) atoms. The van der Waals surface area contributed by atoms with Gasteiger partial charge in [0.15, 0.2) is 5.69 Å². The van der Waals surface area contributed by atoms with E-state index in [1.165, 1.54) is 17.5 Å². The highest BCUT2D eigenvalue weighted by Gasteiger charge is 2.18. The molecule has 0 radical (unpaired) electrons. The van der Waals surface area contributed by atoms with Gasteiger partial charge in [0.25, 0.3) is 5.91 Å². The minimum atomic E-state index is -0.412. The molecule has 0 aliphatic rings. The third-order valence-electron chi connectivity index (χ3n) is 4.93. The highest BCUT2D eigenvalue weighted by Crippen LogP contribution is 2.23. The normalized spacial score (nSPS) is 12.4. The van der Waals surface area contributed by atoms with Crippen molar-refractivity contribution in [3.05, 3.63) is 82.0 Å². The Morgan fingerprint density at radius 3 is 2.40 bits per heavy atom. The van der Waals surface area contributed by atoms with E-state index in [1.54, 1.807) is 6.20 Å². The van der Waals surface area contributed by atoms with E-state index >= 15 is 0 Å². The number of rotatable bonds is 5. The van der Waals surface area contributed by atoms with Crippen LogP contribution in [0.1, 0.15) is 66.6 Å². The molecule has 2 aromatic heterocycles. The third kappa shape index (κ3) is 5.13. The van der Waals surface area contributed by atoms with E-state index in [0.29, 0.717) is 0 Å². The van der Waals surface area contributed by atoms with E-state index in [2.05, 4.69) is 65.3 Å². The molecule has 0 saturated heterocycles. The first-order chi connectivity index (χ1) is 14.1. The predicted octanol–water partition coefficient (Wildman–Crippen LogP) is 4.49. The molecule has 2 heterocycles. The van der Waals surface area contributed by atoms with Crippen LogP contribution in [0.25, 0.3) is 0 Å². The maximum Gasteiger partial charge on any atom is 0.272 e. The van der Waals surface area contributed by atoms with Crippen LogP contribution in [-0.4, -0.2) is 20.9 Å². The predicted molar refractivity (Wildman–Crippen MR) is 120 cm³/mol. The molecule has 156 valence electrons. The minimum Gasteiger partial charge on any atom is -0.382 e. The summed E-state index contributed by atoms with van der Waals surface area (Å²) < 4.78 is 0. The van der Waals surface area contributed by atoms with Crippen molar-refractivity contribution in [2.24, 2.45) is 0 Å². The molecule has 1 atom stereocenters. The number of carbonyl (C=O) groups excluding carboxylic acids is 1. The first-order valence-electron chi connectivity index (χ1n) is 9.76. The zero-order valence-corrected chi connectivity index (χ0v) is 18.4. The van der Waals surface area contributed by atoms with Crippen LogP contribution in [0.3, 0.4) is 0 Å². The van der Waals surface area contributed by atoms with Crippen molar-refractivity contribution in [1.82, 2.24) is 20.3 Å². The lowest BCUT2D eigenvalue weighted by Gasteiger charge is -2.19. The maximum absolute atomic E-state index is 12.4. The third-order valence-corrected chi connectivity index (χ3v) is 5.30. The molecule has 3 N–H and O–H groups in total. The number of nitrogens with one attached hydrogen (secondary N) is 1. The van der Waals surface area contributed by atoms with Crippen LogP contribution in [0.4, 0.5) is 5.82 Å². The van der Waals surface area contributed by atoms with Crippen molar-refractivity contribution < 1.29 is 4.79 Å². The van der Waals surface area contributed by atoms with Gasteiger partial charge in [0, 0.05) is 18.3 Å². The number of nitrogens with zero attached hydrogens (tertiary/aromatic N) is 3. The Morgan fingerprint density at radius 2 is 1.80 bits per heavy atom. The van der Waals surface area contributed by atoms with Crippen LogP contribution < -0.4 is 11.1 Å². The average molecular weight is 424 g/mol. The lowest BCUT2D eigenvalue weighted by atomic mass is 9.86. The van der Waals surface area contributed by atoms with Gasteiger partial charge in [-0.3, -0.25) is 9.78 Å². The van der Waals surface area contributed by atoms with Gasteiger partial charge in [-0.2, -0.15) is 0 Å². The molecule has 0 aliphatic heterocycles. The van der Waals surface area contributed by atoms with Gasteiger partial charge in [0.2, 0.25) is 0 Å². The molecule has 1 amide bonds. The van der Waals surface area contributed by atoms with Crippen molar-refractivity contribution in [1.29, 1.82) is 0 Å². The van der Waals surface area contributed by atoms with Gasteiger partial charge in [-0.05, 0) is 35.1 Å². The molecule has 3 rings (SSSR count). The van der Waals surface area contributed by atoms with Crippen molar-refractivity contribution in [3.63, 3.8) is 0 Å². The summed E-state index contributed by atoms with van der Waals surface area (Å²) in [6, 6.07) is 12.3. The van der Waals surface area contributed by atoms with Crippen molar-refractivity contribution in [2.75, 3.05) is 5.73 Å². The van der Waals surface area contributed by atoms with Gasteiger partial charge >= 0.3 is 0 Å². The van der Waals surface area contributed by atoms with E-state index < -0.39 is 5.91 Å². The van der Waals surface area contributed by atoms with Crippen molar-refractivity contribution >= 4 is 23.3 Å². The first-order valence-corrected chi connectivity index (χ1v) is 10.1. The van der Waals surface area contributed by atoms with Crippen LogP contribution in [0.15, 0.2) is 48.9 Å². The molecular weight excluding hydrogens is 398 g/mol. The van der Waals surface area contributed by atoms with Gasteiger partial charge in [0.05, 0.1) is 6.04 Å². The fourth-order valence-corrected chi connectivity index (χ4v) is 3.20. The maximum atomic E-state index is 12.4. The van der Waals surface area contributed by atoms with Crippen LogP contribution in [0.5, 0.6) is 0 Å². The Labute approximate surface area is 181 Å². The number of amides is 1. The molecule has 0 fully saturated rings. The Morgan fingerprint density at radius 1 is 1.10 bits per heavy atom. The summed E-state index contributed by atoms with van der Waals surface area (Å²) in [5.74, 6) is -0.337. The molecule has 7 heteroatoms. The van der Waals surface area contributed by atoms with Gasteiger partial charge in [0.1, 0.15) is 17.2 Å². The monoisotopic (exact) mass is 423 g/mol. The summed E-state index contributed by atoms with van der Waals surface area (Å²) in [5.41, 5.74) is 10.2. The molecule has 0 bridgehead atoms. The molecule has 6 nitrogen and oxygen atoms in total. The van der Waals surface area contributed by atoms with Gasteiger partial charge < -0.3 is 11.1 Å². The molecule has 0 saturated carbocycles. The van der Waals surface area contributed by atoms with Crippen molar-refractivity contribution in [3.8, 4) is 0 Å². The number of pyridine rings is 1. The topological polar surface area (TPSA) is 93.8 Å². The number of aromatic nitrogens is 3. The zero-order chi connectivity index (χ0) is 21.9. The summed E-state index contributed by atoms with van der Waals surface area (Å²) in [6.07, 6.45) is 3.74. The van der Waals surface area contributed by atoms with Gasteiger partial charge in [-0.1, -0.05) is 62.7 Å². The van der Waals surface area contributed by atoms with E-state index in [1.807, 2.05) is 19.1 Å². The number of anilines is 1. The second-order valence-corrected chi connectivity index (χ2v) is 8.70. The summed E-state index contributed by atoms with van der Waals surface area (Å²) in [6.45, 7) is 8.49. The fourth-order valence-electron chi connectivity index (χ4n) is 3.02. The number of carbonyl (C=O) groups is 1. The number of hydrogen-bond donors (Lipinski definition) is 2. The highest BCUT2D eigenvalue weighted by molar-refractivity contribution is 6.35. The Bertz CT molecular complexity index is 1030. The molecular formula is C23H26ClN5O. The molecule has 0 aliphatic carbocycles. The summed E-state index contributed by atoms with van der Waals surface area (Å²) >= 11 is 6.03. The summed E-state index contributed by atoms with van der Waals surface area (Å²) in [7, 11) is 0. The SMILES string of the molecule is CC(NC(=O)c1ncnc(N)c1Cl)c1ccc(Cc2ccc(C(C)(C)C)cc2)nc1. The summed E-state index contributed by atoms with van der Waals surface area (Å²) in [4.78, 5) is 24.7. The van der Waals surface area contributed by atoms with Crippen LogP contribution >= 0.6 is 11.6 Å². The van der Waals surface area contributed by atoms with Crippen LogP contribution in [0.2, 0.25) is 5.02 Å². The zero-order valence-electron chi connectivity index (χ0n) is 17.6. The average Bonchev–Trinajstić information content (AvgIpc) is 2.70. The summed E-state index contributed by atoms with van der Waals surface area (Å²) in [5, 5.41) is 2.91. The van der Waals surface area contributed by atoms with Crippen molar-refractivity contribution in [2.45, 2.75) is 45.6 Å². The number of nitrogen functional groups attached to an aromatic ring is 1. The first kappa shape index (κ1) is 21.7. The molecule has 1 aromatic carbocycles. The lowest BCUT2D eigenvalue weighted by Crippen LogP contribution is -2.28. The number of nitrogens with two attached hydrogens (primary N) is 1. The largest absolute Gasteiger partial charge is 0.382 e. The second-order valence-electron chi connectivity index (χ2n) is 8.32. The lowest BCUT2D eigenvalue weighted by molar-refractivity contribution is 0.0935. The number of hydrogen-bond acceptors (Lipinski definition) is 5. The standard InChI is InChI=1S/C23H26ClN5O/c1-14(29-22(30)20-19(24)21(25)28-13-27-20)16-7-10-18(26-12-16)11-15-5-8-17(9-6-15)23(2,3)4/h5-10,12-14H,11H2,1-4H3,(H,29,30)(H2,25,27,28). The Kier molecular flexibility index (Phi) is 6.37. The highest BCUT2D eigenvalue weighted by atomic mass is 35.5. The number of benzene rings is 1. The van der Waals surface area contributed by atoms with E-state index in [0.717, 1.165) is 17.7 Å². The Hall–Kier alpha value is -2.99. The smallest absolute Gasteiger partial charge is 0.272 e. The van der Waals surface area contributed by atoms with Crippen LogP contribution in [0, 0.1) is 0 Å². The molecule has 0 spiro atoms. The quantitative estimate of drug-likeness (QED) is 0.630. The van der Waals surface area contributed by atoms with E-state index in [4.69, 9.17) is 17.3 Å². The fraction of sp³-hybridized carbons (Fsp3) is 0.304.